The van der Waals surface area contributed by atoms with Crippen molar-refractivity contribution in [2.24, 2.45) is 5.73 Å². The SMILES string of the molecule is NCc1ccc(CC(=O)Nc2cccc(F)c2F)cc1. The van der Waals surface area contributed by atoms with Gasteiger partial charge < -0.3 is 11.1 Å². The van der Waals surface area contributed by atoms with Crippen molar-refractivity contribution in [3.8, 4) is 0 Å². The molecule has 3 N–H and O–H groups in total. The molecule has 0 aromatic heterocycles. The second-order valence-corrected chi connectivity index (χ2v) is 4.35. The van der Waals surface area contributed by atoms with E-state index in [9.17, 15) is 13.6 Å². The summed E-state index contributed by atoms with van der Waals surface area (Å²) in [6.45, 7) is 0.432. The highest BCUT2D eigenvalue weighted by Crippen LogP contribution is 2.17. The Morgan fingerprint density at radius 2 is 1.70 bits per heavy atom. The summed E-state index contributed by atoms with van der Waals surface area (Å²) < 4.78 is 26.4. The maximum Gasteiger partial charge on any atom is 0.228 e. The zero-order valence-electron chi connectivity index (χ0n) is 10.7. The molecule has 3 nitrogen and oxygen atoms in total. The van der Waals surface area contributed by atoms with E-state index in [0.717, 1.165) is 17.2 Å². The summed E-state index contributed by atoms with van der Waals surface area (Å²) in [5.41, 5.74) is 7.06. The molecule has 2 rings (SSSR count). The molecule has 0 atom stereocenters. The van der Waals surface area contributed by atoms with Crippen LogP contribution in [-0.2, 0) is 17.8 Å². The van der Waals surface area contributed by atoms with Crippen molar-refractivity contribution >= 4 is 11.6 Å². The molecular weight excluding hydrogens is 262 g/mol. The molecule has 0 saturated heterocycles. The highest BCUT2D eigenvalue weighted by atomic mass is 19.2. The van der Waals surface area contributed by atoms with Crippen molar-refractivity contribution in [1.29, 1.82) is 0 Å². The van der Waals surface area contributed by atoms with E-state index in [1.54, 1.807) is 12.1 Å². The molecule has 0 heterocycles. The molecule has 0 aliphatic carbocycles. The number of halogens is 2. The molecule has 0 saturated carbocycles. The van der Waals surface area contributed by atoms with E-state index in [-0.39, 0.29) is 12.1 Å². The normalized spacial score (nSPS) is 10.3. The van der Waals surface area contributed by atoms with Crippen LogP contribution < -0.4 is 11.1 Å². The number of carbonyl (C=O) groups excluding carboxylic acids is 1. The van der Waals surface area contributed by atoms with Crippen LogP contribution in [-0.4, -0.2) is 5.91 Å². The Bertz CT molecular complexity index is 612. The summed E-state index contributed by atoms with van der Waals surface area (Å²) in [6.07, 6.45) is 0.0841. The van der Waals surface area contributed by atoms with Gasteiger partial charge >= 0.3 is 0 Å². The third-order valence-electron chi connectivity index (χ3n) is 2.85. The smallest absolute Gasteiger partial charge is 0.228 e. The number of hydrogen-bond donors (Lipinski definition) is 2. The lowest BCUT2D eigenvalue weighted by Gasteiger charge is -2.07. The fourth-order valence-electron chi connectivity index (χ4n) is 1.77. The zero-order valence-corrected chi connectivity index (χ0v) is 10.7. The van der Waals surface area contributed by atoms with Crippen LogP contribution in [0.2, 0.25) is 0 Å². The van der Waals surface area contributed by atoms with Crippen LogP contribution in [0.25, 0.3) is 0 Å². The molecule has 0 fully saturated rings. The van der Waals surface area contributed by atoms with Crippen molar-refractivity contribution in [2.75, 3.05) is 5.32 Å². The quantitative estimate of drug-likeness (QED) is 0.902. The number of benzene rings is 2. The van der Waals surface area contributed by atoms with Crippen molar-refractivity contribution in [3.05, 3.63) is 65.2 Å². The molecule has 5 heteroatoms. The second kappa shape index (κ2) is 6.25. The van der Waals surface area contributed by atoms with Gasteiger partial charge in [0, 0.05) is 6.54 Å². The Hall–Kier alpha value is -2.27. The number of nitrogens with one attached hydrogen (secondary N) is 1. The first kappa shape index (κ1) is 14.1. The first-order valence-corrected chi connectivity index (χ1v) is 6.12. The van der Waals surface area contributed by atoms with Gasteiger partial charge in [-0.15, -0.1) is 0 Å². The summed E-state index contributed by atoms with van der Waals surface area (Å²) in [5, 5.41) is 2.35. The summed E-state index contributed by atoms with van der Waals surface area (Å²) in [7, 11) is 0. The molecule has 0 radical (unpaired) electrons. The Kier molecular flexibility index (Phi) is 4.42. The topological polar surface area (TPSA) is 55.1 Å². The number of carbonyl (C=O) groups is 1. The predicted molar refractivity (Wildman–Crippen MR) is 73.0 cm³/mol. The standard InChI is InChI=1S/C15H14F2N2O/c16-12-2-1-3-13(15(12)17)19-14(20)8-10-4-6-11(9-18)7-5-10/h1-7H,8-9,18H2,(H,19,20). The Morgan fingerprint density at radius 1 is 1.05 bits per heavy atom. The van der Waals surface area contributed by atoms with Crippen LogP contribution in [0.15, 0.2) is 42.5 Å². The fraction of sp³-hybridized carbons (Fsp3) is 0.133. The molecule has 0 bridgehead atoms. The lowest BCUT2D eigenvalue weighted by Crippen LogP contribution is -2.15. The minimum absolute atomic E-state index is 0.0841. The van der Waals surface area contributed by atoms with Gasteiger partial charge in [0.1, 0.15) is 0 Å². The molecule has 20 heavy (non-hydrogen) atoms. The van der Waals surface area contributed by atoms with E-state index in [4.69, 9.17) is 5.73 Å². The third kappa shape index (κ3) is 3.39. The van der Waals surface area contributed by atoms with E-state index in [1.165, 1.54) is 12.1 Å². The van der Waals surface area contributed by atoms with E-state index >= 15 is 0 Å². The monoisotopic (exact) mass is 276 g/mol. The second-order valence-electron chi connectivity index (χ2n) is 4.35. The van der Waals surface area contributed by atoms with Crippen molar-refractivity contribution in [3.63, 3.8) is 0 Å². The minimum Gasteiger partial charge on any atom is -0.326 e. The van der Waals surface area contributed by atoms with Gasteiger partial charge in [-0.3, -0.25) is 4.79 Å². The highest BCUT2D eigenvalue weighted by Gasteiger charge is 2.11. The largest absolute Gasteiger partial charge is 0.326 e. The van der Waals surface area contributed by atoms with Crippen molar-refractivity contribution in [2.45, 2.75) is 13.0 Å². The van der Waals surface area contributed by atoms with Crippen LogP contribution in [0.3, 0.4) is 0 Å². The lowest BCUT2D eigenvalue weighted by atomic mass is 10.1. The van der Waals surface area contributed by atoms with Gasteiger partial charge in [-0.05, 0) is 23.3 Å². The maximum absolute atomic E-state index is 13.4. The third-order valence-corrected chi connectivity index (χ3v) is 2.85. The van der Waals surface area contributed by atoms with Gasteiger partial charge in [0.2, 0.25) is 5.91 Å². The Balaban J connectivity index is 2.03. The summed E-state index contributed by atoms with van der Waals surface area (Å²) >= 11 is 0. The molecule has 0 aliphatic rings. The van der Waals surface area contributed by atoms with Crippen molar-refractivity contribution < 1.29 is 13.6 Å². The molecule has 1 amide bonds. The van der Waals surface area contributed by atoms with Gasteiger partial charge in [-0.25, -0.2) is 8.78 Å². The summed E-state index contributed by atoms with van der Waals surface area (Å²) in [4.78, 5) is 11.8. The van der Waals surface area contributed by atoms with Crippen LogP contribution >= 0.6 is 0 Å². The number of rotatable bonds is 4. The average molecular weight is 276 g/mol. The first-order valence-electron chi connectivity index (χ1n) is 6.12. The van der Waals surface area contributed by atoms with Gasteiger partial charge in [0.05, 0.1) is 12.1 Å². The van der Waals surface area contributed by atoms with E-state index < -0.39 is 17.5 Å². The predicted octanol–water partition coefficient (Wildman–Crippen LogP) is 2.60. The van der Waals surface area contributed by atoms with Crippen molar-refractivity contribution in [1.82, 2.24) is 0 Å². The molecule has 2 aromatic carbocycles. The number of nitrogens with two attached hydrogens (primary N) is 1. The van der Waals surface area contributed by atoms with Crippen LogP contribution in [0.4, 0.5) is 14.5 Å². The van der Waals surface area contributed by atoms with Crippen LogP contribution in [0.1, 0.15) is 11.1 Å². The molecule has 2 aromatic rings. The Labute approximate surface area is 115 Å². The molecule has 104 valence electrons. The van der Waals surface area contributed by atoms with Crippen LogP contribution in [0, 0.1) is 11.6 Å². The summed E-state index contributed by atoms with van der Waals surface area (Å²) in [6, 6.07) is 10.9. The van der Waals surface area contributed by atoms with Crippen LogP contribution in [0.5, 0.6) is 0 Å². The Morgan fingerprint density at radius 3 is 2.35 bits per heavy atom. The number of anilines is 1. The average Bonchev–Trinajstić information content (AvgIpc) is 2.45. The maximum atomic E-state index is 13.4. The van der Waals surface area contributed by atoms with Gasteiger partial charge in [-0.2, -0.15) is 0 Å². The van der Waals surface area contributed by atoms with E-state index in [2.05, 4.69) is 5.32 Å². The molecule has 0 unspecified atom stereocenters. The first-order chi connectivity index (χ1) is 9.60. The number of amides is 1. The lowest BCUT2D eigenvalue weighted by molar-refractivity contribution is -0.115. The zero-order chi connectivity index (χ0) is 14.5. The summed E-state index contributed by atoms with van der Waals surface area (Å²) in [5.74, 6) is -2.45. The van der Waals surface area contributed by atoms with Gasteiger partial charge in [0.15, 0.2) is 11.6 Å². The molecular formula is C15H14F2N2O. The molecule has 0 aliphatic heterocycles. The fourth-order valence-corrected chi connectivity index (χ4v) is 1.77. The molecule has 0 spiro atoms. The minimum atomic E-state index is -1.06. The van der Waals surface area contributed by atoms with E-state index in [0.29, 0.717) is 6.54 Å². The number of hydrogen-bond acceptors (Lipinski definition) is 2. The highest BCUT2D eigenvalue weighted by molar-refractivity contribution is 5.92. The van der Waals surface area contributed by atoms with E-state index in [1.807, 2.05) is 12.1 Å². The van der Waals surface area contributed by atoms with Gasteiger partial charge in [-0.1, -0.05) is 30.3 Å². The van der Waals surface area contributed by atoms with Gasteiger partial charge in [0.25, 0.3) is 0 Å².